The van der Waals surface area contributed by atoms with Gasteiger partial charge in [-0.15, -0.1) is 0 Å². The van der Waals surface area contributed by atoms with Gasteiger partial charge in [-0.1, -0.05) is 15.9 Å². The molecule has 0 aliphatic rings. The van der Waals surface area contributed by atoms with E-state index in [-0.39, 0.29) is 10.7 Å². The Kier molecular flexibility index (Phi) is 2.69. The van der Waals surface area contributed by atoms with E-state index in [0.29, 0.717) is 10.1 Å². The van der Waals surface area contributed by atoms with Crippen LogP contribution in [-0.2, 0) is 0 Å². The molecule has 16 heavy (non-hydrogen) atoms. The third-order valence-electron chi connectivity index (χ3n) is 1.98. The van der Waals surface area contributed by atoms with Gasteiger partial charge in [0.15, 0.2) is 0 Å². The number of carbonyl (C=O) groups is 1. The number of aromatic nitrogens is 2. The minimum atomic E-state index is -1.45. The Balaban J connectivity index is 2.95. The van der Waals surface area contributed by atoms with Crippen LogP contribution in [0.2, 0.25) is 5.28 Å². The topological polar surface area (TPSA) is 72.2 Å². The lowest BCUT2D eigenvalue weighted by Crippen LogP contribution is -2.27. The highest BCUT2D eigenvalue weighted by molar-refractivity contribution is 9.10. The van der Waals surface area contributed by atoms with Crippen LogP contribution in [0.4, 0.5) is 4.79 Å². The largest absolute Gasteiger partial charge is 0.464 e. The standard InChI is InChI=1S/C9H4BrClN2O3/c10-4-1-2-5-6(3-4)12-8(11)13(7(5)14)9(15)16/h1-3H,(H,15,16). The van der Waals surface area contributed by atoms with Crippen molar-refractivity contribution < 1.29 is 9.90 Å². The summed E-state index contributed by atoms with van der Waals surface area (Å²) in [6, 6.07) is 4.71. The molecule has 0 spiro atoms. The molecule has 2 rings (SSSR count). The number of hydrogen-bond acceptors (Lipinski definition) is 3. The summed E-state index contributed by atoms with van der Waals surface area (Å²) >= 11 is 8.83. The van der Waals surface area contributed by atoms with Crippen molar-refractivity contribution in [2.24, 2.45) is 0 Å². The Hall–Kier alpha value is -1.40. The van der Waals surface area contributed by atoms with Crippen LogP contribution in [-0.4, -0.2) is 20.8 Å². The average molecular weight is 303 g/mol. The number of benzene rings is 1. The maximum Gasteiger partial charge on any atom is 0.421 e. The maximum atomic E-state index is 11.7. The molecule has 1 aromatic carbocycles. The van der Waals surface area contributed by atoms with Crippen LogP contribution in [0.5, 0.6) is 0 Å². The molecule has 0 amide bonds. The summed E-state index contributed by atoms with van der Waals surface area (Å²) in [6.45, 7) is 0. The molecular formula is C9H4BrClN2O3. The first kappa shape index (κ1) is 11.1. The van der Waals surface area contributed by atoms with Crippen molar-refractivity contribution in [1.29, 1.82) is 0 Å². The summed E-state index contributed by atoms with van der Waals surface area (Å²) in [5, 5.41) is 8.62. The Morgan fingerprint density at radius 3 is 2.81 bits per heavy atom. The van der Waals surface area contributed by atoms with Crippen LogP contribution >= 0.6 is 27.5 Å². The number of hydrogen-bond donors (Lipinski definition) is 1. The number of halogens is 2. The Morgan fingerprint density at radius 2 is 2.19 bits per heavy atom. The van der Waals surface area contributed by atoms with Crippen LogP contribution < -0.4 is 5.56 Å². The Labute approximate surface area is 102 Å². The van der Waals surface area contributed by atoms with Gasteiger partial charge in [0, 0.05) is 4.47 Å². The molecule has 0 unspecified atom stereocenters. The fraction of sp³-hybridized carbons (Fsp3) is 0. The zero-order valence-corrected chi connectivity index (χ0v) is 9.99. The molecule has 0 fully saturated rings. The molecule has 82 valence electrons. The van der Waals surface area contributed by atoms with Crippen LogP contribution in [0.15, 0.2) is 27.5 Å². The molecular weight excluding hydrogens is 299 g/mol. The molecule has 1 N–H and O–H groups in total. The summed E-state index contributed by atoms with van der Waals surface area (Å²) in [6.07, 6.45) is -1.45. The third-order valence-corrected chi connectivity index (χ3v) is 2.73. The molecule has 0 atom stereocenters. The molecule has 0 bridgehead atoms. The van der Waals surface area contributed by atoms with Gasteiger partial charge in [-0.2, -0.15) is 4.57 Å². The van der Waals surface area contributed by atoms with Crippen LogP contribution in [0.25, 0.3) is 10.9 Å². The fourth-order valence-corrected chi connectivity index (χ4v) is 1.89. The van der Waals surface area contributed by atoms with Crippen molar-refractivity contribution in [3.63, 3.8) is 0 Å². The van der Waals surface area contributed by atoms with E-state index < -0.39 is 11.7 Å². The second-order valence-corrected chi connectivity index (χ2v) is 4.22. The lowest BCUT2D eigenvalue weighted by atomic mass is 10.2. The van der Waals surface area contributed by atoms with E-state index in [0.717, 1.165) is 4.47 Å². The Morgan fingerprint density at radius 1 is 1.50 bits per heavy atom. The molecule has 1 heterocycles. The van der Waals surface area contributed by atoms with Gasteiger partial charge in [0.05, 0.1) is 10.9 Å². The molecule has 0 saturated carbocycles. The zero-order valence-electron chi connectivity index (χ0n) is 7.65. The first-order valence-corrected chi connectivity index (χ1v) is 5.29. The molecule has 0 saturated heterocycles. The minimum absolute atomic E-state index is 0.204. The van der Waals surface area contributed by atoms with Crippen molar-refractivity contribution in [3.05, 3.63) is 38.3 Å². The summed E-state index contributed by atoms with van der Waals surface area (Å²) in [5.74, 6) is 0. The molecule has 7 heteroatoms. The number of carboxylic acid groups (broad SMARTS) is 1. The summed E-state index contributed by atoms with van der Waals surface area (Å²) in [4.78, 5) is 26.4. The number of rotatable bonds is 0. The van der Waals surface area contributed by atoms with Gasteiger partial charge in [0.1, 0.15) is 0 Å². The normalized spacial score (nSPS) is 10.6. The van der Waals surface area contributed by atoms with Crippen molar-refractivity contribution in [3.8, 4) is 0 Å². The summed E-state index contributed by atoms with van der Waals surface area (Å²) < 4.78 is 1.13. The lowest BCUT2D eigenvalue weighted by molar-refractivity contribution is 0.195. The molecule has 5 nitrogen and oxygen atoms in total. The third kappa shape index (κ3) is 1.70. The minimum Gasteiger partial charge on any atom is -0.464 e. The highest BCUT2D eigenvalue weighted by atomic mass is 79.9. The van der Waals surface area contributed by atoms with E-state index in [4.69, 9.17) is 16.7 Å². The van der Waals surface area contributed by atoms with Gasteiger partial charge in [-0.25, -0.2) is 9.78 Å². The smallest absolute Gasteiger partial charge is 0.421 e. The zero-order chi connectivity index (χ0) is 11.9. The predicted octanol–water partition coefficient (Wildman–Crippen LogP) is 2.34. The van der Waals surface area contributed by atoms with Crippen LogP contribution in [0.1, 0.15) is 0 Å². The molecule has 1 aromatic heterocycles. The lowest BCUT2D eigenvalue weighted by Gasteiger charge is -2.03. The number of nitrogens with zero attached hydrogens (tertiary/aromatic N) is 2. The van der Waals surface area contributed by atoms with Crippen molar-refractivity contribution in [2.75, 3.05) is 0 Å². The van der Waals surface area contributed by atoms with Gasteiger partial charge in [-0.05, 0) is 29.8 Å². The second-order valence-electron chi connectivity index (χ2n) is 2.97. The molecule has 0 radical (unpaired) electrons. The van der Waals surface area contributed by atoms with Gasteiger partial charge in [-0.3, -0.25) is 4.79 Å². The van der Waals surface area contributed by atoms with Crippen LogP contribution in [0.3, 0.4) is 0 Å². The van der Waals surface area contributed by atoms with E-state index in [1.165, 1.54) is 6.07 Å². The molecule has 0 aliphatic carbocycles. The highest BCUT2D eigenvalue weighted by Gasteiger charge is 2.14. The van der Waals surface area contributed by atoms with E-state index in [2.05, 4.69) is 20.9 Å². The van der Waals surface area contributed by atoms with Gasteiger partial charge in [0.2, 0.25) is 5.28 Å². The summed E-state index contributed by atoms with van der Waals surface area (Å²) in [7, 11) is 0. The summed E-state index contributed by atoms with van der Waals surface area (Å²) in [5.41, 5.74) is -0.350. The van der Waals surface area contributed by atoms with Gasteiger partial charge < -0.3 is 5.11 Å². The highest BCUT2D eigenvalue weighted by Crippen LogP contribution is 2.17. The van der Waals surface area contributed by atoms with E-state index in [1.807, 2.05) is 0 Å². The molecule has 2 aromatic rings. The number of fused-ring (bicyclic) bond motifs is 1. The average Bonchev–Trinajstić information content (AvgIpc) is 2.15. The first-order chi connectivity index (χ1) is 7.50. The fourth-order valence-electron chi connectivity index (χ4n) is 1.30. The van der Waals surface area contributed by atoms with Gasteiger partial charge >= 0.3 is 6.09 Å². The van der Waals surface area contributed by atoms with E-state index in [1.54, 1.807) is 12.1 Å². The predicted molar refractivity (Wildman–Crippen MR) is 62.1 cm³/mol. The van der Waals surface area contributed by atoms with Crippen molar-refractivity contribution >= 4 is 44.5 Å². The first-order valence-electron chi connectivity index (χ1n) is 4.12. The Bertz CT molecular complexity index is 653. The van der Waals surface area contributed by atoms with E-state index >= 15 is 0 Å². The van der Waals surface area contributed by atoms with Crippen LogP contribution in [0, 0.1) is 0 Å². The monoisotopic (exact) mass is 302 g/mol. The molecule has 0 aliphatic heterocycles. The van der Waals surface area contributed by atoms with Gasteiger partial charge in [0.25, 0.3) is 5.56 Å². The maximum absolute atomic E-state index is 11.7. The SMILES string of the molecule is O=C(O)n1c(Cl)nc2cc(Br)ccc2c1=O. The van der Waals surface area contributed by atoms with E-state index in [9.17, 15) is 9.59 Å². The van der Waals surface area contributed by atoms with Crippen molar-refractivity contribution in [1.82, 2.24) is 9.55 Å². The van der Waals surface area contributed by atoms with Crippen molar-refractivity contribution in [2.45, 2.75) is 0 Å². The quantitative estimate of drug-likeness (QED) is 0.758. The second kappa shape index (κ2) is 3.88.